The standard InChI is InChI=1S/C17H23N/c1-16(2)14-5-3-4-13-11-18-9-6-12(15(13)14)10-17(16)7-8-17/h3-5,12,18H,6-11H2,1-2H3/t12-/m0/s1. The Labute approximate surface area is 110 Å². The summed E-state index contributed by atoms with van der Waals surface area (Å²) in [5.41, 5.74) is 5.97. The first kappa shape index (κ1) is 11.0. The van der Waals surface area contributed by atoms with Gasteiger partial charge in [-0.15, -0.1) is 0 Å². The zero-order valence-electron chi connectivity index (χ0n) is 11.6. The van der Waals surface area contributed by atoms with Gasteiger partial charge in [-0.05, 0) is 65.7 Å². The van der Waals surface area contributed by atoms with Crippen LogP contribution in [0.4, 0.5) is 0 Å². The normalized spacial score (nSPS) is 30.7. The summed E-state index contributed by atoms with van der Waals surface area (Å²) in [4.78, 5) is 0. The van der Waals surface area contributed by atoms with E-state index in [-0.39, 0.29) is 0 Å². The van der Waals surface area contributed by atoms with Gasteiger partial charge in [-0.1, -0.05) is 32.0 Å². The number of hydrogen-bond donors (Lipinski definition) is 1. The monoisotopic (exact) mass is 241 g/mol. The molecule has 96 valence electrons. The van der Waals surface area contributed by atoms with Crippen LogP contribution in [0.25, 0.3) is 0 Å². The fourth-order valence-corrected chi connectivity index (χ4v) is 4.63. The Bertz CT molecular complexity index is 496. The minimum atomic E-state index is 0.388. The van der Waals surface area contributed by atoms with Crippen molar-refractivity contribution >= 4 is 0 Å². The average Bonchev–Trinajstić information content (AvgIpc) is 3.14. The van der Waals surface area contributed by atoms with Gasteiger partial charge in [0.1, 0.15) is 0 Å². The molecule has 1 aromatic carbocycles. The molecule has 0 amide bonds. The van der Waals surface area contributed by atoms with Crippen molar-refractivity contribution in [3.05, 3.63) is 34.9 Å². The van der Waals surface area contributed by atoms with E-state index < -0.39 is 0 Å². The predicted molar refractivity (Wildman–Crippen MR) is 74.8 cm³/mol. The molecule has 1 atom stereocenters. The van der Waals surface area contributed by atoms with Crippen LogP contribution in [0.1, 0.15) is 62.1 Å². The molecule has 18 heavy (non-hydrogen) atoms. The molecule has 1 aromatic rings. The highest BCUT2D eigenvalue weighted by Gasteiger charge is 2.58. The Balaban J connectivity index is 1.95. The van der Waals surface area contributed by atoms with E-state index in [0.29, 0.717) is 10.8 Å². The van der Waals surface area contributed by atoms with E-state index in [1.165, 1.54) is 32.2 Å². The van der Waals surface area contributed by atoms with E-state index in [1.54, 1.807) is 16.7 Å². The maximum atomic E-state index is 3.60. The smallest absolute Gasteiger partial charge is 0.0208 e. The molecule has 1 nitrogen and oxygen atoms in total. The quantitative estimate of drug-likeness (QED) is 0.730. The first-order valence-electron chi connectivity index (χ1n) is 7.47. The van der Waals surface area contributed by atoms with E-state index in [1.807, 2.05) is 0 Å². The minimum Gasteiger partial charge on any atom is -0.313 e. The fourth-order valence-electron chi connectivity index (χ4n) is 4.63. The first-order chi connectivity index (χ1) is 8.64. The van der Waals surface area contributed by atoms with Crippen LogP contribution in [0.15, 0.2) is 18.2 Å². The Kier molecular flexibility index (Phi) is 2.08. The van der Waals surface area contributed by atoms with Gasteiger partial charge in [0.25, 0.3) is 0 Å². The molecule has 1 saturated carbocycles. The summed E-state index contributed by atoms with van der Waals surface area (Å²) in [7, 11) is 0. The van der Waals surface area contributed by atoms with Crippen molar-refractivity contribution in [1.82, 2.24) is 5.32 Å². The summed E-state index contributed by atoms with van der Waals surface area (Å²) in [6.07, 6.45) is 5.68. The number of nitrogens with one attached hydrogen (secondary N) is 1. The number of benzene rings is 1. The molecule has 0 unspecified atom stereocenters. The summed E-state index contributed by atoms with van der Waals surface area (Å²) in [6.45, 7) is 7.24. The second-order valence-electron chi connectivity index (χ2n) is 7.15. The van der Waals surface area contributed by atoms with E-state index in [4.69, 9.17) is 0 Å². The van der Waals surface area contributed by atoms with Gasteiger partial charge in [0.15, 0.2) is 0 Å². The van der Waals surface area contributed by atoms with Crippen molar-refractivity contribution in [2.45, 2.75) is 57.4 Å². The average molecular weight is 241 g/mol. The molecule has 0 radical (unpaired) electrons. The lowest BCUT2D eigenvalue weighted by molar-refractivity contribution is 0.224. The van der Waals surface area contributed by atoms with Crippen molar-refractivity contribution in [2.75, 3.05) is 6.54 Å². The first-order valence-corrected chi connectivity index (χ1v) is 7.47. The summed E-state index contributed by atoms with van der Waals surface area (Å²) in [5.74, 6) is 0.821. The lowest BCUT2D eigenvalue weighted by Crippen LogP contribution is -2.37. The zero-order chi connectivity index (χ0) is 12.4. The highest BCUT2D eigenvalue weighted by atomic mass is 14.9. The Morgan fingerprint density at radius 2 is 2.06 bits per heavy atom. The number of rotatable bonds is 0. The lowest BCUT2D eigenvalue weighted by Gasteiger charge is -2.45. The van der Waals surface area contributed by atoms with Gasteiger partial charge in [0, 0.05) is 6.54 Å². The van der Waals surface area contributed by atoms with Gasteiger partial charge in [0.05, 0.1) is 0 Å². The zero-order valence-corrected chi connectivity index (χ0v) is 11.6. The van der Waals surface area contributed by atoms with Crippen LogP contribution >= 0.6 is 0 Å². The second kappa shape index (κ2) is 3.39. The summed E-state index contributed by atoms with van der Waals surface area (Å²) >= 11 is 0. The van der Waals surface area contributed by atoms with Crippen molar-refractivity contribution in [3.8, 4) is 0 Å². The summed E-state index contributed by atoms with van der Waals surface area (Å²) in [6, 6.07) is 7.03. The Morgan fingerprint density at radius 1 is 1.22 bits per heavy atom. The van der Waals surface area contributed by atoms with Crippen molar-refractivity contribution in [2.24, 2.45) is 5.41 Å². The molecule has 1 aliphatic heterocycles. The van der Waals surface area contributed by atoms with E-state index >= 15 is 0 Å². The van der Waals surface area contributed by atoms with Gasteiger partial charge in [-0.25, -0.2) is 0 Å². The van der Waals surface area contributed by atoms with Gasteiger partial charge in [-0.2, -0.15) is 0 Å². The van der Waals surface area contributed by atoms with Crippen molar-refractivity contribution in [1.29, 1.82) is 0 Å². The SMILES string of the molecule is CC1(C)c2cccc3c2[C@@H](CCNC3)CC12CC2. The molecule has 2 aliphatic carbocycles. The molecule has 1 heteroatoms. The molecule has 4 rings (SSSR count). The molecule has 1 fully saturated rings. The third kappa shape index (κ3) is 1.26. The van der Waals surface area contributed by atoms with E-state index in [2.05, 4.69) is 37.4 Å². The molecular weight excluding hydrogens is 218 g/mol. The predicted octanol–water partition coefficient (Wildman–Crippen LogP) is 3.73. The van der Waals surface area contributed by atoms with Crippen LogP contribution < -0.4 is 5.32 Å². The van der Waals surface area contributed by atoms with E-state index in [0.717, 1.165) is 12.5 Å². The highest BCUT2D eigenvalue weighted by Crippen LogP contribution is 2.67. The van der Waals surface area contributed by atoms with Gasteiger partial charge in [-0.3, -0.25) is 0 Å². The lowest BCUT2D eigenvalue weighted by atomic mass is 9.59. The molecule has 0 bridgehead atoms. The van der Waals surface area contributed by atoms with Crippen LogP contribution in [0.2, 0.25) is 0 Å². The largest absolute Gasteiger partial charge is 0.313 e. The molecular formula is C17H23N. The van der Waals surface area contributed by atoms with Crippen LogP contribution in [0.5, 0.6) is 0 Å². The fraction of sp³-hybridized carbons (Fsp3) is 0.647. The third-order valence-electron chi connectivity index (χ3n) is 6.08. The maximum Gasteiger partial charge on any atom is 0.0208 e. The minimum absolute atomic E-state index is 0.388. The second-order valence-corrected chi connectivity index (χ2v) is 7.15. The van der Waals surface area contributed by atoms with Crippen molar-refractivity contribution in [3.63, 3.8) is 0 Å². The van der Waals surface area contributed by atoms with Crippen LogP contribution in [-0.4, -0.2) is 6.54 Å². The molecule has 0 aromatic heterocycles. The van der Waals surface area contributed by atoms with Gasteiger partial charge < -0.3 is 5.32 Å². The number of hydrogen-bond acceptors (Lipinski definition) is 1. The molecule has 1 spiro atoms. The van der Waals surface area contributed by atoms with E-state index in [9.17, 15) is 0 Å². The van der Waals surface area contributed by atoms with Crippen LogP contribution in [-0.2, 0) is 12.0 Å². The molecule has 1 N–H and O–H groups in total. The van der Waals surface area contributed by atoms with Crippen LogP contribution in [0, 0.1) is 5.41 Å². The van der Waals surface area contributed by atoms with Crippen molar-refractivity contribution < 1.29 is 0 Å². The topological polar surface area (TPSA) is 12.0 Å². The summed E-state index contributed by atoms with van der Waals surface area (Å²) in [5, 5.41) is 3.60. The molecule has 0 saturated heterocycles. The van der Waals surface area contributed by atoms with Gasteiger partial charge in [0.2, 0.25) is 0 Å². The Hall–Kier alpha value is -0.820. The maximum absolute atomic E-state index is 3.60. The molecule has 3 aliphatic rings. The van der Waals surface area contributed by atoms with Gasteiger partial charge >= 0.3 is 0 Å². The summed E-state index contributed by atoms with van der Waals surface area (Å²) < 4.78 is 0. The third-order valence-corrected chi connectivity index (χ3v) is 6.08. The highest BCUT2D eigenvalue weighted by molar-refractivity contribution is 5.48. The Morgan fingerprint density at radius 3 is 2.83 bits per heavy atom. The molecule has 1 heterocycles. The van der Waals surface area contributed by atoms with Crippen LogP contribution in [0.3, 0.4) is 0 Å².